The Labute approximate surface area is 179 Å². The lowest BCUT2D eigenvalue weighted by atomic mass is 10.0. The molecule has 2 heterocycles. The van der Waals surface area contributed by atoms with Gasteiger partial charge in [0.2, 0.25) is 10.0 Å². The van der Waals surface area contributed by atoms with E-state index in [2.05, 4.69) is 20.3 Å². The quantitative estimate of drug-likeness (QED) is 0.369. The van der Waals surface area contributed by atoms with Gasteiger partial charge in [0.25, 0.3) is 11.8 Å². The summed E-state index contributed by atoms with van der Waals surface area (Å²) < 4.78 is 31.2. The molecular weight excluding hydrogens is 424 g/mol. The molecule has 0 saturated heterocycles. The van der Waals surface area contributed by atoms with Gasteiger partial charge in [-0.1, -0.05) is 0 Å². The molecule has 0 radical (unpaired) electrons. The summed E-state index contributed by atoms with van der Waals surface area (Å²) in [5, 5.41) is 5.17. The number of H-pyrrole nitrogens is 1. The molecule has 1 aromatic heterocycles. The first kappa shape index (κ1) is 22.2. The standard InChI is InChI=1S/C20H22N4O6S/c1-4-30-18(25)10-23-19(26)15-9-22-17(11(15)2)8-14-13-7-12(31(28,29)21-3)5-6-16(13)24-20(14)27/h5-9,21-22H,4,10H2,1-3H3,(H,23,26)(H,24,27)/b14-8-. The SMILES string of the molecule is CCOC(=O)CNC(=O)c1c[nH]c(/C=C2\C(=O)Nc3ccc(S(=O)(=O)NC)cc32)c1C. The van der Waals surface area contributed by atoms with E-state index in [1.54, 1.807) is 19.9 Å². The molecule has 3 rings (SSSR count). The zero-order valence-corrected chi connectivity index (χ0v) is 18.0. The highest BCUT2D eigenvalue weighted by molar-refractivity contribution is 7.89. The monoisotopic (exact) mass is 446 g/mol. The zero-order valence-electron chi connectivity index (χ0n) is 17.2. The van der Waals surface area contributed by atoms with Crippen LogP contribution < -0.4 is 15.4 Å². The number of carbonyl (C=O) groups excluding carboxylic acids is 3. The predicted molar refractivity (Wildman–Crippen MR) is 114 cm³/mol. The molecular formula is C20H22N4O6S. The van der Waals surface area contributed by atoms with Crippen LogP contribution in [0.2, 0.25) is 0 Å². The van der Waals surface area contributed by atoms with Crippen molar-refractivity contribution in [2.24, 2.45) is 0 Å². The van der Waals surface area contributed by atoms with Crippen LogP contribution >= 0.6 is 0 Å². The number of benzene rings is 1. The summed E-state index contributed by atoms with van der Waals surface area (Å²) in [6.07, 6.45) is 3.02. The molecule has 0 spiro atoms. The molecule has 0 aliphatic carbocycles. The summed E-state index contributed by atoms with van der Waals surface area (Å²) in [7, 11) is -2.38. The van der Waals surface area contributed by atoms with E-state index < -0.39 is 27.8 Å². The number of hydrogen-bond acceptors (Lipinski definition) is 6. The van der Waals surface area contributed by atoms with Gasteiger partial charge in [-0.05, 0) is 50.7 Å². The van der Waals surface area contributed by atoms with Gasteiger partial charge in [0.05, 0.1) is 22.6 Å². The first-order valence-corrected chi connectivity index (χ1v) is 10.9. The largest absolute Gasteiger partial charge is 0.465 e. The second-order valence-electron chi connectivity index (χ2n) is 6.66. The van der Waals surface area contributed by atoms with Crippen molar-refractivity contribution < 1.29 is 27.5 Å². The van der Waals surface area contributed by atoms with Gasteiger partial charge in [-0.2, -0.15) is 0 Å². The van der Waals surface area contributed by atoms with Gasteiger partial charge in [-0.15, -0.1) is 0 Å². The lowest BCUT2D eigenvalue weighted by Crippen LogP contribution is -2.30. The van der Waals surface area contributed by atoms with Crippen molar-refractivity contribution in [3.05, 3.63) is 46.8 Å². The van der Waals surface area contributed by atoms with Gasteiger partial charge in [-0.25, -0.2) is 13.1 Å². The lowest BCUT2D eigenvalue weighted by Gasteiger charge is -2.05. The van der Waals surface area contributed by atoms with Crippen LogP contribution in [0.15, 0.2) is 29.3 Å². The average Bonchev–Trinajstić information content (AvgIpc) is 3.26. The molecule has 2 aromatic rings. The smallest absolute Gasteiger partial charge is 0.325 e. The van der Waals surface area contributed by atoms with Crippen molar-refractivity contribution in [1.82, 2.24) is 15.0 Å². The maximum absolute atomic E-state index is 12.5. The number of hydrogen-bond donors (Lipinski definition) is 4. The summed E-state index contributed by atoms with van der Waals surface area (Å²) in [6.45, 7) is 3.32. The molecule has 4 N–H and O–H groups in total. The Kier molecular flexibility index (Phi) is 6.27. The van der Waals surface area contributed by atoms with E-state index in [1.165, 1.54) is 31.4 Å². The van der Waals surface area contributed by atoms with Crippen molar-refractivity contribution >= 4 is 45.1 Å². The Bertz CT molecular complexity index is 1200. The van der Waals surface area contributed by atoms with Crippen LogP contribution in [0.3, 0.4) is 0 Å². The number of sulfonamides is 1. The predicted octanol–water partition coefficient (Wildman–Crippen LogP) is 1.02. The maximum Gasteiger partial charge on any atom is 0.325 e. The molecule has 1 aliphatic heterocycles. The molecule has 164 valence electrons. The molecule has 2 amide bonds. The molecule has 0 atom stereocenters. The van der Waals surface area contributed by atoms with E-state index in [-0.39, 0.29) is 23.6 Å². The van der Waals surface area contributed by atoms with Gasteiger partial charge >= 0.3 is 5.97 Å². The van der Waals surface area contributed by atoms with Crippen molar-refractivity contribution in [1.29, 1.82) is 0 Å². The normalized spacial score (nSPS) is 14.3. The van der Waals surface area contributed by atoms with Gasteiger partial charge in [0.15, 0.2) is 0 Å². The first-order valence-electron chi connectivity index (χ1n) is 9.40. The van der Waals surface area contributed by atoms with Crippen molar-refractivity contribution in [3.8, 4) is 0 Å². The van der Waals surface area contributed by atoms with Crippen LogP contribution in [-0.4, -0.2) is 51.4 Å². The van der Waals surface area contributed by atoms with E-state index in [0.29, 0.717) is 28.1 Å². The van der Waals surface area contributed by atoms with E-state index in [0.717, 1.165) is 0 Å². The molecule has 0 fully saturated rings. The van der Waals surface area contributed by atoms with Crippen molar-refractivity contribution in [2.75, 3.05) is 25.5 Å². The zero-order chi connectivity index (χ0) is 22.8. The number of ether oxygens (including phenoxy) is 1. The lowest BCUT2D eigenvalue weighted by molar-refractivity contribution is -0.141. The van der Waals surface area contributed by atoms with Gasteiger partial charge in [-0.3, -0.25) is 14.4 Å². The van der Waals surface area contributed by atoms with E-state index in [4.69, 9.17) is 4.74 Å². The third-order valence-corrected chi connectivity index (χ3v) is 6.18. The fraction of sp³-hybridized carbons (Fsp3) is 0.250. The van der Waals surface area contributed by atoms with Crippen LogP contribution in [0.5, 0.6) is 0 Å². The molecule has 11 heteroatoms. The van der Waals surface area contributed by atoms with Crippen molar-refractivity contribution in [3.63, 3.8) is 0 Å². The summed E-state index contributed by atoms with van der Waals surface area (Å²) in [5.41, 5.74) is 2.55. The average molecular weight is 446 g/mol. The number of aromatic nitrogens is 1. The number of aromatic amines is 1. The number of esters is 1. The number of nitrogens with one attached hydrogen (secondary N) is 4. The molecule has 0 unspecified atom stereocenters. The Morgan fingerprint density at radius 2 is 2.00 bits per heavy atom. The van der Waals surface area contributed by atoms with Gasteiger partial charge in [0.1, 0.15) is 6.54 Å². The Balaban J connectivity index is 1.90. The summed E-state index contributed by atoms with van der Waals surface area (Å²) in [5.74, 6) is -1.40. The Hall–Kier alpha value is -3.44. The number of rotatable bonds is 7. The van der Waals surface area contributed by atoms with E-state index >= 15 is 0 Å². The van der Waals surface area contributed by atoms with Crippen LogP contribution in [0, 0.1) is 6.92 Å². The molecule has 1 aromatic carbocycles. The third kappa shape index (κ3) is 4.52. The molecule has 1 aliphatic rings. The first-order chi connectivity index (χ1) is 14.7. The number of carbonyl (C=O) groups is 3. The minimum absolute atomic E-state index is 0.0263. The summed E-state index contributed by atoms with van der Waals surface area (Å²) in [6, 6.07) is 4.34. The van der Waals surface area contributed by atoms with Crippen LogP contribution in [0.1, 0.15) is 34.1 Å². The highest BCUT2D eigenvalue weighted by atomic mass is 32.2. The molecule has 0 bridgehead atoms. The number of anilines is 1. The van der Waals surface area contributed by atoms with Gasteiger partial charge in [0, 0.05) is 23.1 Å². The van der Waals surface area contributed by atoms with Crippen molar-refractivity contribution in [2.45, 2.75) is 18.7 Å². The Morgan fingerprint density at radius 1 is 1.26 bits per heavy atom. The van der Waals surface area contributed by atoms with E-state index in [9.17, 15) is 22.8 Å². The van der Waals surface area contributed by atoms with Crippen LogP contribution in [-0.2, 0) is 24.3 Å². The summed E-state index contributed by atoms with van der Waals surface area (Å²) >= 11 is 0. The molecule has 10 nitrogen and oxygen atoms in total. The number of amides is 2. The minimum atomic E-state index is -3.68. The second kappa shape index (κ2) is 8.74. The fourth-order valence-electron chi connectivity index (χ4n) is 3.10. The minimum Gasteiger partial charge on any atom is -0.465 e. The third-order valence-electron chi connectivity index (χ3n) is 4.76. The van der Waals surface area contributed by atoms with Crippen LogP contribution in [0.4, 0.5) is 5.69 Å². The maximum atomic E-state index is 12.5. The van der Waals surface area contributed by atoms with Gasteiger partial charge < -0.3 is 20.4 Å². The van der Waals surface area contributed by atoms with Crippen LogP contribution in [0.25, 0.3) is 11.6 Å². The number of fused-ring (bicyclic) bond motifs is 1. The second-order valence-corrected chi connectivity index (χ2v) is 8.54. The Morgan fingerprint density at radius 3 is 2.68 bits per heavy atom. The molecule has 0 saturated carbocycles. The topological polar surface area (TPSA) is 146 Å². The molecule has 31 heavy (non-hydrogen) atoms. The fourth-order valence-corrected chi connectivity index (χ4v) is 3.85. The summed E-state index contributed by atoms with van der Waals surface area (Å²) in [4.78, 5) is 39.2. The highest BCUT2D eigenvalue weighted by Gasteiger charge is 2.27. The van der Waals surface area contributed by atoms with E-state index in [1.807, 2.05) is 0 Å². The highest BCUT2D eigenvalue weighted by Crippen LogP contribution is 2.35.